The van der Waals surface area contributed by atoms with E-state index in [0.717, 1.165) is 6.42 Å². The van der Waals surface area contributed by atoms with Crippen LogP contribution in [0.3, 0.4) is 0 Å². The Bertz CT molecular complexity index is 646. The van der Waals surface area contributed by atoms with Crippen molar-refractivity contribution in [3.8, 4) is 0 Å². The largest absolute Gasteiger partial charge is 0.459 e. The third-order valence-electron chi connectivity index (χ3n) is 6.83. The van der Waals surface area contributed by atoms with E-state index in [4.69, 9.17) is 14.2 Å². The fourth-order valence-corrected chi connectivity index (χ4v) is 6.28. The van der Waals surface area contributed by atoms with Crippen LogP contribution in [0, 0.1) is 22.2 Å². The van der Waals surface area contributed by atoms with E-state index in [0.29, 0.717) is 12.8 Å². The minimum atomic E-state index is -0.969. The summed E-state index contributed by atoms with van der Waals surface area (Å²) in [4.78, 5) is 24.7. The number of esters is 2. The SMILES string of the molecule is CC(C)(C)[C@@H]1C[C@H]2OC(=O)[C@]34CC=CC23[C@]12CC(=O)O[C@H]2O4. The number of ether oxygens (including phenoxy) is 3. The van der Waals surface area contributed by atoms with Crippen LogP contribution in [0.25, 0.3) is 0 Å². The minimum Gasteiger partial charge on any atom is -0.459 e. The van der Waals surface area contributed by atoms with Crippen LogP contribution in [-0.4, -0.2) is 29.9 Å². The van der Waals surface area contributed by atoms with Gasteiger partial charge in [-0.1, -0.05) is 32.9 Å². The molecule has 1 unspecified atom stereocenters. The lowest BCUT2D eigenvalue weighted by molar-refractivity contribution is -0.195. The summed E-state index contributed by atoms with van der Waals surface area (Å²) in [6.07, 6.45) is 4.93. The number of carbonyl (C=O) groups is 2. The summed E-state index contributed by atoms with van der Waals surface area (Å²) in [6, 6.07) is 0. The van der Waals surface area contributed by atoms with Gasteiger partial charge in [-0.15, -0.1) is 0 Å². The van der Waals surface area contributed by atoms with E-state index in [-0.39, 0.29) is 29.4 Å². The zero-order valence-corrected chi connectivity index (χ0v) is 13.0. The maximum absolute atomic E-state index is 12.6. The Kier molecular flexibility index (Phi) is 1.95. The highest BCUT2D eigenvalue weighted by Crippen LogP contribution is 2.80. The van der Waals surface area contributed by atoms with Gasteiger partial charge in [0, 0.05) is 6.42 Å². The number of hydrogen-bond acceptors (Lipinski definition) is 5. The molecule has 5 rings (SSSR count). The second-order valence-corrected chi connectivity index (χ2v) is 8.51. The Balaban J connectivity index is 1.81. The van der Waals surface area contributed by atoms with Gasteiger partial charge in [-0.05, 0) is 17.8 Å². The summed E-state index contributed by atoms with van der Waals surface area (Å²) in [5, 5.41) is 0. The fraction of sp³-hybridized carbons (Fsp3) is 0.765. The van der Waals surface area contributed by atoms with E-state index in [2.05, 4.69) is 26.8 Å². The Morgan fingerprint density at radius 1 is 1.23 bits per heavy atom. The fourth-order valence-electron chi connectivity index (χ4n) is 6.28. The summed E-state index contributed by atoms with van der Waals surface area (Å²) in [7, 11) is 0. The maximum Gasteiger partial charge on any atom is 0.340 e. The summed E-state index contributed by atoms with van der Waals surface area (Å²) < 4.78 is 17.5. The number of rotatable bonds is 0. The van der Waals surface area contributed by atoms with Crippen LogP contribution in [0.1, 0.15) is 40.0 Å². The molecule has 0 bridgehead atoms. The van der Waals surface area contributed by atoms with Gasteiger partial charge >= 0.3 is 11.9 Å². The summed E-state index contributed by atoms with van der Waals surface area (Å²) >= 11 is 0. The molecule has 0 aromatic heterocycles. The van der Waals surface area contributed by atoms with E-state index in [9.17, 15) is 9.59 Å². The monoisotopic (exact) mass is 304 g/mol. The van der Waals surface area contributed by atoms with Crippen molar-refractivity contribution in [1.82, 2.24) is 0 Å². The molecule has 4 fully saturated rings. The summed E-state index contributed by atoms with van der Waals surface area (Å²) in [5.74, 6) is -0.290. The van der Waals surface area contributed by atoms with Crippen LogP contribution in [0.15, 0.2) is 12.2 Å². The highest BCUT2D eigenvalue weighted by molar-refractivity contribution is 5.88. The van der Waals surface area contributed by atoms with Crippen LogP contribution in [0.5, 0.6) is 0 Å². The van der Waals surface area contributed by atoms with Gasteiger partial charge in [-0.2, -0.15) is 0 Å². The molecule has 0 radical (unpaired) electrons. The van der Waals surface area contributed by atoms with Gasteiger partial charge in [0.2, 0.25) is 6.29 Å². The molecule has 118 valence electrons. The Hall–Kier alpha value is -1.36. The molecule has 0 N–H and O–H groups in total. The molecular weight excluding hydrogens is 284 g/mol. The molecule has 5 nitrogen and oxygen atoms in total. The van der Waals surface area contributed by atoms with Gasteiger partial charge in [0.1, 0.15) is 6.10 Å². The van der Waals surface area contributed by atoms with E-state index < -0.39 is 22.7 Å². The molecule has 1 saturated carbocycles. The molecular formula is C17H20O5. The molecule has 0 amide bonds. The first kappa shape index (κ1) is 13.1. The summed E-state index contributed by atoms with van der Waals surface area (Å²) in [6.45, 7) is 6.55. The van der Waals surface area contributed by atoms with Gasteiger partial charge in [0.05, 0.1) is 17.3 Å². The van der Waals surface area contributed by atoms with Crippen molar-refractivity contribution < 1.29 is 23.8 Å². The molecule has 3 saturated heterocycles. The Morgan fingerprint density at radius 3 is 2.73 bits per heavy atom. The van der Waals surface area contributed by atoms with E-state index >= 15 is 0 Å². The van der Waals surface area contributed by atoms with Crippen LogP contribution < -0.4 is 0 Å². The molecule has 0 aromatic rings. The van der Waals surface area contributed by atoms with Gasteiger partial charge < -0.3 is 14.2 Å². The van der Waals surface area contributed by atoms with E-state index in [1.807, 2.05) is 6.08 Å². The van der Waals surface area contributed by atoms with Crippen LogP contribution in [0.2, 0.25) is 0 Å². The van der Waals surface area contributed by atoms with Crippen LogP contribution in [-0.2, 0) is 23.8 Å². The average molecular weight is 304 g/mol. The summed E-state index contributed by atoms with van der Waals surface area (Å²) in [5.41, 5.74) is -2.01. The lowest BCUT2D eigenvalue weighted by atomic mass is 9.54. The molecule has 5 heteroatoms. The van der Waals surface area contributed by atoms with Crippen molar-refractivity contribution in [3.63, 3.8) is 0 Å². The standard InChI is InChI=1S/C17H20O5/c1-14(2,3)9-7-10-16-5-4-6-17(16,12(19)20-10)22-13-15(9,16)8-11(18)21-13/h4-5,9-10,13H,6-8H2,1-3H3/t9-,10+,13-,15+,16?,17+/m0/s1. The minimum absolute atomic E-state index is 0.0202. The van der Waals surface area contributed by atoms with Crippen molar-refractivity contribution in [3.05, 3.63) is 12.2 Å². The van der Waals surface area contributed by atoms with Crippen molar-refractivity contribution in [2.45, 2.75) is 58.0 Å². The maximum atomic E-state index is 12.6. The smallest absolute Gasteiger partial charge is 0.340 e. The van der Waals surface area contributed by atoms with Gasteiger partial charge in [-0.25, -0.2) is 4.79 Å². The van der Waals surface area contributed by atoms with Gasteiger partial charge in [0.25, 0.3) is 0 Å². The third-order valence-corrected chi connectivity index (χ3v) is 6.83. The van der Waals surface area contributed by atoms with Crippen LogP contribution >= 0.6 is 0 Å². The van der Waals surface area contributed by atoms with Crippen molar-refractivity contribution in [1.29, 1.82) is 0 Å². The second-order valence-electron chi connectivity index (χ2n) is 8.51. The topological polar surface area (TPSA) is 61.8 Å². The van der Waals surface area contributed by atoms with Crippen molar-refractivity contribution in [2.24, 2.45) is 22.2 Å². The molecule has 3 heterocycles. The number of carbonyl (C=O) groups excluding carboxylic acids is 2. The van der Waals surface area contributed by atoms with Gasteiger partial charge in [-0.3, -0.25) is 4.79 Å². The molecule has 5 aliphatic rings. The molecule has 3 aliphatic heterocycles. The van der Waals surface area contributed by atoms with Crippen LogP contribution in [0.4, 0.5) is 0 Å². The van der Waals surface area contributed by atoms with Crippen molar-refractivity contribution >= 4 is 11.9 Å². The molecule has 6 atom stereocenters. The first-order chi connectivity index (χ1) is 10.3. The first-order valence-corrected chi connectivity index (χ1v) is 8.04. The molecule has 2 aliphatic carbocycles. The predicted molar refractivity (Wildman–Crippen MR) is 74.4 cm³/mol. The molecule has 2 spiro atoms. The van der Waals surface area contributed by atoms with Crippen molar-refractivity contribution in [2.75, 3.05) is 0 Å². The molecule has 0 aromatic carbocycles. The molecule has 22 heavy (non-hydrogen) atoms. The van der Waals surface area contributed by atoms with Gasteiger partial charge in [0.15, 0.2) is 5.60 Å². The Morgan fingerprint density at radius 2 is 2.00 bits per heavy atom. The number of hydrogen-bond donors (Lipinski definition) is 0. The quantitative estimate of drug-likeness (QED) is 0.505. The highest BCUT2D eigenvalue weighted by Gasteiger charge is 2.90. The van der Waals surface area contributed by atoms with E-state index in [1.54, 1.807) is 0 Å². The predicted octanol–water partition coefficient (Wildman–Crippen LogP) is 1.95. The zero-order valence-electron chi connectivity index (χ0n) is 13.0. The third kappa shape index (κ3) is 0.987. The lowest BCUT2D eigenvalue weighted by Crippen LogP contribution is -2.52. The second kappa shape index (κ2) is 3.28. The zero-order chi connectivity index (χ0) is 15.5. The average Bonchev–Trinajstić information content (AvgIpc) is 3.07. The lowest BCUT2D eigenvalue weighted by Gasteiger charge is -2.43. The Labute approximate surface area is 129 Å². The first-order valence-electron chi connectivity index (χ1n) is 8.04. The highest BCUT2D eigenvalue weighted by atomic mass is 16.7. The van der Waals surface area contributed by atoms with E-state index in [1.165, 1.54) is 0 Å². The normalized spacial score (nSPS) is 54.2.